The van der Waals surface area contributed by atoms with Crippen LogP contribution in [0.5, 0.6) is 5.75 Å². The summed E-state index contributed by atoms with van der Waals surface area (Å²) in [6.07, 6.45) is -0.939. The molecule has 5 heteroatoms. The van der Waals surface area contributed by atoms with E-state index in [9.17, 15) is 9.59 Å². The molecule has 0 heterocycles. The highest BCUT2D eigenvalue weighted by Crippen LogP contribution is 2.20. The Labute approximate surface area is 176 Å². The summed E-state index contributed by atoms with van der Waals surface area (Å²) in [6.45, 7) is 5.78. The van der Waals surface area contributed by atoms with E-state index in [1.165, 1.54) is 0 Å². The van der Waals surface area contributed by atoms with Crippen LogP contribution in [-0.2, 0) is 16.1 Å². The van der Waals surface area contributed by atoms with Gasteiger partial charge in [-0.05, 0) is 55.7 Å². The van der Waals surface area contributed by atoms with Crippen molar-refractivity contribution in [2.75, 3.05) is 5.32 Å². The highest BCUT2D eigenvalue weighted by molar-refractivity contribution is 5.98. The van der Waals surface area contributed by atoms with Crippen molar-refractivity contribution in [3.63, 3.8) is 0 Å². The molecular weight excluding hydrogens is 378 g/mol. The molecule has 0 saturated carbocycles. The molecule has 1 amide bonds. The molecule has 5 nitrogen and oxygen atoms in total. The van der Waals surface area contributed by atoms with Crippen molar-refractivity contribution in [3.05, 3.63) is 95.1 Å². The lowest BCUT2D eigenvalue weighted by Gasteiger charge is -2.16. The van der Waals surface area contributed by atoms with Crippen LogP contribution in [0.3, 0.4) is 0 Å². The normalized spacial score (nSPS) is 11.4. The second kappa shape index (κ2) is 9.74. The van der Waals surface area contributed by atoms with Gasteiger partial charge in [0.2, 0.25) is 0 Å². The van der Waals surface area contributed by atoms with E-state index in [2.05, 4.69) is 5.32 Å². The predicted octanol–water partition coefficient (Wildman–Crippen LogP) is 5.07. The molecule has 0 unspecified atom stereocenters. The summed E-state index contributed by atoms with van der Waals surface area (Å²) in [5, 5.41) is 2.84. The monoisotopic (exact) mass is 403 g/mol. The van der Waals surface area contributed by atoms with Crippen LogP contribution >= 0.6 is 0 Å². The molecule has 30 heavy (non-hydrogen) atoms. The van der Waals surface area contributed by atoms with Crippen LogP contribution in [0.4, 0.5) is 5.69 Å². The average molecular weight is 403 g/mol. The van der Waals surface area contributed by atoms with Crippen molar-refractivity contribution >= 4 is 17.6 Å². The van der Waals surface area contributed by atoms with Crippen molar-refractivity contribution in [2.24, 2.45) is 0 Å². The van der Waals surface area contributed by atoms with Crippen LogP contribution in [0.15, 0.2) is 72.8 Å². The minimum atomic E-state index is -0.939. The number of para-hydroxylation sites is 1. The highest BCUT2D eigenvalue weighted by atomic mass is 16.5. The number of anilines is 1. The molecule has 0 aliphatic carbocycles. The Morgan fingerprint density at radius 3 is 2.27 bits per heavy atom. The third-order valence-corrected chi connectivity index (χ3v) is 4.70. The Bertz CT molecular complexity index is 1010. The van der Waals surface area contributed by atoms with Gasteiger partial charge in [0.25, 0.3) is 5.91 Å². The number of carbonyl (C=O) groups excluding carboxylic acids is 2. The van der Waals surface area contributed by atoms with Gasteiger partial charge in [0.15, 0.2) is 6.10 Å². The van der Waals surface area contributed by atoms with E-state index in [1.54, 1.807) is 31.2 Å². The fourth-order valence-electron chi connectivity index (χ4n) is 2.97. The Kier molecular flexibility index (Phi) is 6.86. The number of ether oxygens (including phenoxy) is 2. The van der Waals surface area contributed by atoms with Crippen LogP contribution in [0.1, 0.15) is 34.0 Å². The molecule has 1 atom stereocenters. The molecule has 0 bridgehead atoms. The third-order valence-electron chi connectivity index (χ3n) is 4.70. The van der Waals surface area contributed by atoms with Crippen molar-refractivity contribution in [1.29, 1.82) is 0 Å². The zero-order valence-corrected chi connectivity index (χ0v) is 17.3. The highest BCUT2D eigenvalue weighted by Gasteiger charge is 2.20. The number of rotatable bonds is 7. The number of esters is 1. The number of benzene rings is 3. The molecule has 3 aromatic rings. The Morgan fingerprint density at radius 1 is 0.900 bits per heavy atom. The first kappa shape index (κ1) is 21.1. The fourth-order valence-corrected chi connectivity index (χ4v) is 2.97. The van der Waals surface area contributed by atoms with Gasteiger partial charge in [0.1, 0.15) is 12.4 Å². The SMILES string of the molecule is Cc1cccc(C)c1NC(=O)[C@H](C)OC(=O)c1cccc(OCc2ccccc2)c1. The molecule has 0 radical (unpaired) electrons. The second-order valence-electron chi connectivity index (χ2n) is 7.11. The second-order valence-corrected chi connectivity index (χ2v) is 7.11. The maximum absolute atomic E-state index is 12.5. The first-order chi connectivity index (χ1) is 14.4. The summed E-state index contributed by atoms with van der Waals surface area (Å²) in [7, 11) is 0. The molecule has 0 spiro atoms. The number of carbonyl (C=O) groups is 2. The third kappa shape index (κ3) is 5.47. The number of hydrogen-bond donors (Lipinski definition) is 1. The largest absolute Gasteiger partial charge is 0.489 e. The van der Waals surface area contributed by atoms with Crippen LogP contribution in [0, 0.1) is 13.8 Å². The summed E-state index contributed by atoms with van der Waals surface area (Å²) in [5.74, 6) is -0.400. The Hall–Kier alpha value is -3.60. The van der Waals surface area contributed by atoms with Gasteiger partial charge in [-0.1, -0.05) is 54.6 Å². The van der Waals surface area contributed by atoms with Gasteiger partial charge in [0.05, 0.1) is 5.56 Å². The average Bonchev–Trinajstić information content (AvgIpc) is 2.75. The number of hydrogen-bond acceptors (Lipinski definition) is 4. The molecule has 154 valence electrons. The zero-order valence-electron chi connectivity index (χ0n) is 17.3. The molecule has 1 N–H and O–H groups in total. The van der Waals surface area contributed by atoms with Gasteiger partial charge < -0.3 is 14.8 Å². The predicted molar refractivity (Wildman–Crippen MR) is 117 cm³/mol. The quantitative estimate of drug-likeness (QED) is 0.560. The van der Waals surface area contributed by atoms with Crippen molar-refractivity contribution in [2.45, 2.75) is 33.5 Å². The van der Waals surface area contributed by atoms with E-state index in [0.717, 1.165) is 22.4 Å². The molecule has 0 fully saturated rings. The van der Waals surface area contributed by atoms with Gasteiger partial charge >= 0.3 is 5.97 Å². The summed E-state index contributed by atoms with van der Waals surface area (Å²) in [4.78, 5) is 25.0. The first-order valence-corrected chi connectivity index (χ1v) is 9.79. The topological polar surface area (TPSA) is 64.6 Å². The maximum Gasteiger partial charge on any atom is 0.339 e. The van der Waals surface area contributed by atoms with Gasteiger partial charge in [0, 0.05) is 5.69 Å². The Balaban J connectivity index is 1.60. The summed E-state index contributed by atoms with van der Waals surface area (Å²) in [5.41, 5.74) is 3.99. The summed E-state index contributed by atoms with van der Waals surface area (Å²) in [6, 6.07) is 22.3. The molecule has 0 saturated heterocycles. The van der Waals surface area contributed by atoms with Crippen LogP contribution in [0.25, 0.3) is 0 Å². The van der Waals surface area contributed by atoms with Gasteiger partial charge in [-0.3, -0.25) is 4.79 Å². The van der Waals surface area contributed by atoms with E-state index in [1.807, 2.05) is 62.4 Å². The lowest BCUT2D eigenvalue weighted by atomic mass is 10.1. The number of aryl methyl sites for hydroxylation is 2. The molecule has 0 aliphatic rings. The summed E-state index contributed by atoms with van der Waals surface area (Å²) < 4.78 is 11.1. The number of nitrogens with one attached hydrogen (secondary N) is 1. The van der Waals surface area contributed by atoms with E-state index >= 15 is 0 Å². The Morgan fingerprint density at radius 2 is 1.57 bits per heavy atom. The molecule has 3 rings (SSSR count). The molecule has 0 aromatic heterocycles. The fraction of sp³-hybridized carbons (Fsp3) is 0.200. The summed E-state index contributed by atoms with van der Waals surface area (Å²) >= 11 is 0. The molecule has 0 aliphatic heterocycles. The lowest BCUT2D eigenvalue weighted by Crippen LogP contribution is -2.30. The van der Waals surface area contributed by atoms with E-state index in [4.69, 9.17) is 9.47 Å². The minimum absolute atomic E-state index is 0.326. The van der Waals surface area contributed by atoms with Crippen molar-refractivity contribution in [1.82, 2.24) is 0 Å². The maximum atomic E-state index is 12.5. The smallest absolute Gasteiger partial charge is 0.339 e. The molecule has 3 aromatic carbocycles. The van der Waals surface area contributed by atoms with Crippen molar-refractivity contribution < 1.29 is 19.1 Å². The van der Waals surface area contributed by atoms with E-state index in [-0.39, 0.29) is 5.91 Å². The zero-order chi connectivity index (χ0) is 21.5. The van der Waals surface area contributed by atoms with Crippen LogP contribution < -0.4 is 10.1 Å². The van der Waals surface area contributed by atoms with E-state index in [0.29, 0.717) is 17.9 Å². The van der Waals surface area contributed by atoms with Crippen molar-refractivity contribution in [3.8, 4) is 5.75 Å². The van der Waals surface area contributed by atoms with Crippen LogP contribution in [-0.4, -0.2) is 18.0 Å². The van der Waals surface area contributed by atoms with Gasteiger partial charge in [-0.15, -0.1) is 0 Å². The first-order valence-electron chi connectivity index (χ1n) is 9.79. The van der Waals surface area contributed by atoms with E-state index < -0.39 is 12.1 Å². The molecular formula is C25H25NO4. The number of amides is 1. The standard InChI is InChI=1S/C25H25NO4/c1-17-9-7-10-18(2)23(17)26-24(27)19(3)30-25(28)21-13-8-14-22(15-21)29-16-20-11-5-4-6-12-20/h4-15,19H,16H2,1-3H3,(H,26,27)/t19-/m0/s1. The lowest BCUT2D eigenvalue weighted by molar-refractivity contribution is -0.123. The van der Waals surface area contributed by atoms with Gasteiger partial charge in [-0.2, -0.15) is 0 Å². The van der Waals surface area contributed by atoms with Gasteiger partial charge in [-0.25, -0.2) is 4.79 Å². The minimum Gasteiger partial charge on any atom is -0.489 e. The van der Waals surface area contributed by atoms with Crippen LogP contribution in [0.2, 0.25) is 0 Å².